The molecule has 2 amide bonds. The molecular weight excluding hydrogens is 376 g/mol. The summed E-state index contributed by atoms with van der Waals surface area (Å²) in [6.45, 7) is 7.37. The number of anilines is 2. The van der Waals surface area contributed by atoms with Crippen LogP contribution in [0.4, 0.5) is 11.4 Å². The average Bonchev–Trinajstić information content (AvgIpc) is 2.74. The van der Waals surface area contributed by atoms with E-state index in [9.17, 15) is 9.59 Å². The number of carbonyl (C=O) groups is 2. The summed E-state index contributed by atoms with van der Waals surface area (Å²) in [5.41, 5.74) is 5.49. The third-order valence-corrected chi connectivity index (χ3v) is 4.48. The van der Waals surface area contributed by atoms with Crippen LogP contribution < -0.4 is 15.5 Å². The molecule has 0 spiro atoms. The van der Waals surface area contributed by atoms with Crippen LogP contribution in [0.15, 0.2) is 66.8 Å². The van der Waals surface area contributed by atoms with Crippen LogP contribution >= 0.6 is 0 Å². The van der Waals surface area contributed by atoms with E-state index >= 15 is 0 Å². The Bertz CT molecular complexity index is 968. The van der Waals surface area contributed by atoms with Crippen LogP contribution in [-0.2, 0) is 9.59 Å². The number of hydrogen-bond donors (Lipinski definition) is 2. The van der Waals surface area contributed by atoms with E-state index in [4.69, 9.17) is 5.26 Å². The summed E-state index contributed by atoms with van der Waals surface area (Å²) < 4.78 is 0. The lowest BCUT2D eigenvalue weighted by Crippen LogP contribution is -2.34. The van der Waals surface area contributed by atoms with Crippen molar-refractivity contribution in [2.45, 2.75) is 13.8 Å². The van der Waals surface area contributed by atoms with Gasteiger partial charge in [0.2, 0.25) is 11.8 Å². The van der Waals surface area contributed by atoms with Gasteiger partial charge >= 0.3 is 0 Å². The molecule has 0 bridgehead atoms. The molecule has 1 aliphatic rings. The van der Waals surface area contributed by atoms with Crippen LogP contribution in [0.2, 0.25) is 0 Å². The van der Waals surface area contributed by atoms with Gasteiger partial charge in [-0.1, -0.05) is 43.0 Å². The fraction of sp³-hybridized carbons (Fsp3) is 0.208. The molecule has 2 N–H and O–H groups in total. The van der Waals surface area contributed by atoms with Crippen LogP contribution in [0.25, 0.3) is 5.57 Å². The molecule has 0 saturated carbocycles. The standard InChI is InChI=1S/C22H23N3O2.C2H3N/c1-15(2)22(27)24-13-12-23-21(26)14-18-16-8-4-6-10-19(16)25(3)20-11-7-5-9-17(18)20;1-2-3/h4-11,14H,1,12-13H2,2-3H3,(H,23,26)(H,24,27);1H3. The van der Waals surface area contributed by atoms with Gasteiger partial charge in [0.05, 0.1) is 6.07 Å². The van der Waals surface area contributed by atoms with Crippen molar-refractivity contribution in [1.29, 1.82) is 5.26 Å². The molecular formula is C24H26N4O2. The van der Waals surface area contributed by atoms with Crippen molar-refractivity contribution >= 4 is 28.8 Å². The Kier molecular flexibility index (Phi) is 7.95. The molecule has 0 saturated heterocycles. The zero-order valence-corrected chi connectivity index (χ0v) is 17.5. The van der Waals surface area contributed by atoms with Gasteiger partial charge in [0.1, 0.15) is 0 Å². The second-order valence-electron chi connectivity index (χ2n) is 6.70. The van der Waals surface area contributed by atoms with Crippen molar-refractivity contribution < 1.29 is 9.59 Å². The Hall–Kier alpha value is -3.85. The lowest BCUT2D eigenvalue weighted by molar-refractivity contribution is -0.118. The number of nitrogens with one attached hydrogen (secondary N) is 2. The highest BCUT2D eigenvalue weighted by Gasteiger charge is 2.23. The number of fused-ring (bicyclic) bond motifs is 2. The van der Waals surface area contributed by atoms with E-state index in [1.807, 2.05) is 55.6 Å². The summed E-state index contributed by atoms with van der Waals surface area (Å²) in [7, 11) is 2.03. The third-order valence-electron chi connectivity index (χ3n) is 4.48. The molecule has 0 aromatic heterocycles. The predicted molar refractivity (Wildman–Crippen MR) is 120 cm³/mol. The Balaban J connectivity index is 0.00000101. The van der Waals surface area contributed by atoms with Crippen LogP contribution in [0, 0.1) is 11.3 Å². The second-order valence-corrected chi connectivity index (χ2v) is 6.70. The van der Waals surface area contributed by atoms with Crippen molar-refractivity contribution in [3.8, 4) is 6.07 Å². The van der Waals surface area contributed by atoms with E-state index in [-0.39, 0.29) is 11.8 Å². The van der Waals surface area contributed by atoms with Crippen molar-refractivity contribution in [2.75, 3.05) is 25.0 Å². The molecule has 0 fully saturated rings. The summed E-state index contributed by atoms with van der Waals surface area (Å²) in [5.74, 6) is -0.399. The molecule has 0 unspecified atom stereocenters. The smallest absolute Gasteiger partial charge is 0.246 e. The number of carbonyl (C=O) groups excluding carboxylic acids is 2. The highest BCUT2D eigenvalue weighted by atomic mass is 16.2. The predicted octanol–water partition coefficient (Wildman–Crippen LogP) is 3.54. The van der Waals surface area contributed by atoms with Crippen molar-refractivity contribution in [3.63, 3.8) is 0 Å². The minimum Gasteiger partial charge on any atom is -0.351 e. The molecule has 6 nitrogen and oxygen atoms in total. The molecule has 30 heavy (non-hydrogen) atoms. The number of benzene rings is 2. The van der Waals surface area contributed by atoms with Gasteiger partial charge in [0.25, 0.3) is 0 Å². The van der Waals surface area contributed by atoms with Crippen molar-refractivity contribution in [2.24, 2.45) is 0 Å². The van der Waals surface area contributed by atoms with Crippen LogP contribution in [0.1, 0.15) is 25.0 Å². The van der Waals surface area contributed by atoms with Crippen LogP contribution in [-0.4, -0.2) is 32.0 Å². The molecule has 3 rings (SSSR count). The van der Waals surface area contributed by atoms with Gasteiger partial charge in [-0.05, 0) is 24.6 Å². The summed E-state index contributed by atoms with van der Waals surface area (Å²) in [4.78, 5) is 26.1. The number of amides is 2. The van der Waals surface area contributed by atoms with Crippen LogP contribution in [0.3, 0.4) is 0 Å². The fourth-order valence-electron chi connectivity index (χ4n) is 3.11. The van der Waals surface area contributed by atoms with Gasteiger partial charge in [-0.3, -0.25) is 9.59 Å². The number of para-hydroxylation sites is 2. The number of nitrogens with zero attached hydrogens (tertiary/aromatic N) is 2. The summed E-state index contributed by atoms with van der Waals surface area (Å²) in [5, 5.41) is 12.8. The molecule has 0 aliphatic carbocycles. The quantitative estimate of drug-likeness (QED) is 0.592. The molecule has 2 aromatic rings. The second kappa shape index (κ2) is 10.6. The van der Waals surface area contributed by atoms with E-state index in [2.05, 4.69) is 22.1 Å². The maximum absolute atomic E-state index is 12.5. The molecule has 0 atom stereocenters. The first-order chi connectivity index (χ1) is 14.4. The molecule has 2 aromatic carbocycles. The summed E-state index contributed by atoms with van der Waals surface area (Å²) in [6.07, 6.45) is 1.63. The fourth-order valence-corrected chi connectivity index (χ4v) is 3.11. The number of rotatable bonds is 5. The Labute approximate surface area is 177 Å². The SMILES string of the molecule is C=C(C)C(=O)NCCNC(=O)C=C1c2ccccc2N(C)c2ccccc21.CC#N. The Morgan fingerprint density at radius 1 is 1.03 bits per heavy atom. The lowest BCUT2D eigenvalue weighted by atomic mass is 9.90. The van der Waals surface area contributed by atoms with E-state index in [0.29, 0.717) is 18.7 Å². The monoisotopic (exact) mass is 402 g/mol. The van der Waals surface area contributed by atoms with E-state index in [1.165, 1.54) is 6.92 Å². The van der Waals surface area contributed by atoms with Crippen LogP contribution in [0.5, 0.6) is 0 Å². The number of nitriles is 1. The minimum atomic E-state index is -0.208. The minimum absolute atomic E-state index is 0.191. The van der Waals surface area contributed by atoms with Gasteiger partial charge in [-0.25, -0.2) is 0 Å². The highest BCUT2D eigenvalue weighted by Crippen LogP contribution is 2.43. The van der Waals surface area contributed by atoms with E-state index in [1.54, 1.807) is 19.1 Å². The first-order valence-corrected chi connectivity index (χ1v) is 9.57. The summed E-state index contributed by atoms with van der Waals surface area (Å²) >= 11 is 0. The zero-order valence-electron chi connectivity index (χ0n) is 17.5. The average molecular weight is 402 g/mol. The van der Waals surface area contributed by atoms with Gasteiger partial charge in [-0.15, -0.1) is 0 Å². The van der Waals surface area contributed by atoms with E-state index < -0.39 is 0 Å². The van der Waals surface area contributed by atoms with E-state index in [0.717, 1.165) is 28.1 Å². The normalized spacial score (nSPS) is 11.0. The lowest BCUT2D eigenvalue weighted by Gasteiger charge is -2.31. The molecule has 1 aliphatic heterocycles. The molecule has 154 valence electrons. The third kappa shape index (κ3) is 5.36. The zero-order chi connectivity index (χ0) is 22.1. The Morgan fingerprint density at radius 2 is 1.50 bits per heavy atom. The maximum Gasteiger partial charge on any atom is 0.246 e. The first kappa shape index (κ1) is 22.4. The number of hydrogen-bond acceptors (Lipinski definition) is 4. The molecule has 0 radical (unpaired) electrons. The molecule has 6 heteroatoms. The van der Waals surface area contributed by atoms with Crippen molar-refractivity contribution in [3.05, 3.63) is 77.9 Å². The highest BCUT2D eigenvalue weighted by molar-refractivity contribution is 6.05. The summed E-state index contributed by atoms with van der Waals surface area (Å²) in [6, 6.07) is 17.8. The maximum atomic E-state index is 12.5. The Morgan fingerprint density at radius 3 is 2.00 bits per heavy atom. The topological polar surface area (TPSA) is 85.2 Å². The van der Waals surface area contributed by atoms with Crippen molar-refractivity contribution in [1.82, 2.24) is 10.6 Å². The van der Waals surface area contributed by atoms with Gasteiger partial charge in [0, 0.05) is 61.2 Å². The first-order valence-electron chi connectivity index (χ1n) is 9.57. The van der Waals surface area contributed by atoms with Gasteiger partial charge in [0.15, 0.2) is 0 Å². The van der Waals surface area contributed by atoms with Gasteiger partial charge in [-0.2, -0.15) is 5.26 Å². The molecule has 1 heterocycles. The largest absolute Gasteiger partial charge is 0.351 e. The van der Waals surface area contributed by atoms with Gasteiger partial charge < -0.3 is 15.5 Å².